The van der Waals surface area contributed by atoms with E-state index in [1.807, 2.05) is 36.4 Å². The van der Waals surface area contributed by atoms with Crippen molar-refractivity contribution in [1.29, 1.82) is 5.26 Å². The highest BCUT2D eigenvalue weighted by Crippen LogP contribution is 2.37. The van der Waals surface area contributed by atoms with Crippen LogP contribution in [0.25, 0.3) is 17.4 Å². The fourth-order valence-electron chi connectivity index (χ4n) is 2.60. The number of benzene rings is 2. The maximum Gasteiger partial charge on any atom is 0.289 e. The number of nitrogens with one attached hydrogen (secondary N) is 1. The third-order valence-corrected chi connectivity index (χ3v) is 4.69. The molecule has 30 heavy (non-hydrogen) atoms. The number of nitrogens with zero attached hydrogens (tertiary/aromatic N) is 2. The second kappa shape index (κ2) is 9.27. The SMILES string of the molecule is N#CC(=Cc1ccc(-c2cc(Cl)c([N+](=O)[O-])cc2Cl)o1)C(=O)NCc1ccccc1. The lowest BCUT2D eigenvalue weighted by Gasteiger charge is -2.04. The molecule has 0 aliphatic heterocycles. The number of furan rings is 1. The van der Waals surface area contributed by atoms with Gasteiger partial charge in [-0.1, -0.05) is 53.5 Å². The lowest BCUT2D eigenvalue weighted by molar-refractivity contribution is -0.384. The van der Waals surface area contributed by atoms with Crippen molar-refractivity contribution in [2.45, 2.75) is 6.54 Å². The Morgan fingerprint density at radius 2 is 1.90 bits per heavy atom. The van der Waals surface area contributed by atoms with Crippen molar-refractivity contribution in [3.63, 3.8) is 0 Å². The van der Waals surface area contributed by atoms with Gasteiger partial charge in [0.15, 0.2) is 0 Å². The summed E-state index contributed by atoms with van der Waals surface area (Å²) in [7, 11) is 0. The van der Waals surface area contributed by atoms with E-state index in [-0.39, 0.29) is 39.4 Å². The van der Waals surface area contributed by atoms with Crippen LogP contribution >= 0.6 is 23.2 Å². The van der Waals surface area contributed by atoms with Crippen LogP contribution < -0.4 is 5.32 Å². The van der Waals surface area contributed by atoms with Gasteiger partial charge in [-0.25, -0.2) is 0 Å². The molecule has 0 spiro atoms. The van der Waals surface area contributed by atoms with Crippen molar-refractivity contribution in [3.05, 3.63) is 91.7 Å². The summed E-state index contributed by atoms with van der Waals surface area (Å²) in [4.78, 5) is 22.6. The molecular weight excluding hydrogens is 429 g/mol. The maximum atomic E-state index is 12.3. The van der Waals surface area contributed by atoms with Gasteiger partial charge in [0, 0.05) is 24.3 Å². The fourth-order valence-corrected chi connectivity index (χ4v) is 3.09. The fraction of sp³-hybridized carbons (Fsp3) is 0.0476. The zero-order chi connectivity index (χ0) is 21.7. The molecule has 0 aliphatic carbocycles. The minimum absolute atomic E-state index is 0.0806. The first-order valence-corrected chi connectivity index (χ1v) is 9.32. The lowest BCUT2D eigenvalue weighted by atomic mass is 10.1. The first kappa shape index (κ1) is 21.1. The smallest absolute Gasteiger partial charge is 0.289 e. The molecule has 7 nitrogen and oxygen atoms in total. The van der Waals surface area contributed by atoms with Crippen LogP contribution in [0.2, 0.25) is 10.0 Å². The van der Waals surface area contributed by atoms with Gasteiger partial charge in [-0.3, -0.25) is 14.9 Å². The van der Waals surface area contributed by atoms with E-state index in [1.165, 1.54) is 12.1 Å². The Morgan fingerprint density at radius 3 is 2.57 bits per heavy atom. The van der Waals surface area contributed by atoms with Gasteiger partial charge in [0.05, 0.1) is 9.95 Å². The molecule has 150 valence electrons. The summed E-state index contributed by atoms with van der Waals surface area (Å²) in [5, 5.41) is 22.9. The number of hydrogen-bond acceptors (Lipinski definition) is 5. The number of carbonyl (C=O) groups excluding carboxylic acids is 1. The van der Waals surface area contributed by atoms with E-state index < -0.39 is 10.8 Å². The minimum Gasteiger partial charge on any atom is -0.457 e. The topological polar surface area (TPSA) is 109 Å². The molecule has 0 radical (unpaired) electrons. The summed E-state index contributed by atoms with van der Waals surface area (Å²) >= 11 is 12.1. The van der Waals surface area contributed by atoms with Gasteiger partial charge in [-0.2, -0.15) is 5.26 Å². The molecule has 0 unspecified atom stereocenters. The molecule has 0 aliphatic rings. The van der Waals surface area contributed by atoms with E-state index in [0.717, 1.165) is 11.6 Å². The van der Waals surface area contributed by atoms with E-state index in [4.69, 9.17) is 27.6 Å². The Balaban J connectivity index is 1.80. The molecule has 9 heteroatoms. The summed E-state index contributed by atoms with van der Waals surface area (Å²) in [6.07, 6.45) is 1.30. The molecule has 3 rings (SSSR count). The van der Waals surface area contributed by atoms with Crippen LogP contribution in [0.4, 0.5) is 5.69 Å². The lowest BCUT2D eigenvalue weighted by Crippen LogP contribution is -2.23. The van der Waals surface area contributed by atoms with Crippen molar-refractivity contribution >= 4 is 40.9 Å². The Kier molecular flexibility index (Phi) is 6.52. The van der Waals surface area contributed by atoms with Crippen molar-refractivity contribution < 1.29 is 14.1 Å². The van der Waals surface area contributed by atoms with Gasteiger partial charge in [0.2, 0.25) is 0 Å². The van der Waals surface area contributed by atoms with Crippen molar-refractivity contribution in [3.8, 4) is 17.4 Å². The van der Waals surface area contributed by atoms with Crippen LogP contribution in [0, 0.1) is 21.4 Å². The number of hydrogen-bond donors (Lipinski definition) is 1. The zero-order valence-electron chi connectivity index (χ0n) is 15.3. The zero-order valence-corrected chi connectivity index (χ0v) is 16.8. The third kappa shape index (κ3) is 4.87. The maximum absolute atomic E-state index is 12.3. The van der Waals surface area contributed by atoms with Crippen LogP contribution in [0.3, 0.4) is 0 Å². The quantitative estimate of drug-likeness (QED) is 0.238. The average Bonchev–Trinajstić information content (AvgIpc) is 3.20. The number of amides is 1. The molecule has 0 saturated carbocycles. The molecule has 1 aromatic heterocycles. The molecule has 2 aromatic carbocycles. The second-order valence-corrected chi connectivity index (χ2v) is 6.90. The highest BCUT2D eigenvalue weighted by atomic mass is 35.5. The second-order valence-electron chi connectivity index (χ2n) is 6.08. The molecule has 0 bridgehead atoms. The molecule has 1 heterocycles. The Hall–Kier alpha value is -3.60. The Labute approximate surface area is 181 Å². The monoisotopic (exact) mass is 441 g/mol. The molecule has 3 aromatic rings. The summed E-state index contributed by atoms with van der Waals surface area (Å²) in [6.45, 7) is 0.277. The molecule has 1 amide bonds. The summed E-state index contributed by atoms with van der Waals surface area (Å²) in [6, 6.07) is 16.7. The number of nitro groups is 1. The first-order chi connectivity index (χ1) is 14.4. The van der Waals surface area contributed by atoms with Crippen LogP contribution in [0.5, 0.6) is 0 Å². The van der Waals surface area contributed by atoms with E-state index >= 15 is 0 Å². The molecular formula is C21H13Cl2N3O4. The van der Waals surface area contributed by atoms with Crippen molar-refractivity contribution in [2.75, 3.05) is 0 Å². The van der Waals surface area contributed by atoms with E-state index in [1.54, 1.807) is 12.1 Å². The number of nitro benzene ring substituents is 1. The van der Waals surface area contributed by atoms with E-state index in [2.05, 4.69) is 5.32 Å². The molecule has 0 atom stereocenters. The van der Waals surface area contributed by atoms with Gasteiger partial charge in [-0.05, 0) is 23.8 Å². The van der Waals surface area contributed by atoms with Crippen molar-refractivity contribution in [2.24, 2.45) is 0 Å². The number of halogens is 2. The third-order valence-electron chi connectivity index (χ3n) is 4.07. The van der Waals surface area contributed by atoms with Gasteiger partial charge >= 0.3 is 0 Å². The standard InChI is InChI=1S/C21H13Cl2N3O4/c22-17-10-19(26(28)29)18(23)9-16(17)20-7-6-15(30-20)8-14(11-24)21(27)25-12-13-4-2-1-3-5-13/h1-10H,12H2,(H,25,27). The highest BCUT2D eigenvalue weighted by Gasteiger charge is 2.19. The largest absolute Gasteiger partial charge is 0.457 e. The predicted octanol–water partition coefficient (Wildman–Crippen LogP) is 5.38. The molecule has 0 fully saturated rings. The number of carbonyl (C=O) groups is 1. The van der Waals surface area contributed by atoms with Crippen LogP contribution in [0.1, 0.15) is 11.3 Å². The predicted molar refractivity (Wildman–Crippen MR) is 113 cm³/mol. The van der Waals surface area contributed by atoms with Gasteiger partial charge < -0.3 is 9.73 Å². The Morgan fingerprint density at radius 1 is 1.17 bits per heavy atom. The average molecular weight is 442 g/mol. The Bertz CT molecular complexity index is 1180. The van der Waals surface area contributed by atoms with Crippen LogP contribution in [-0.2, 0) is 11.3 Å². The van der Waals surface area contributed by atoms with Crippen molar-refractivity contribution in [1.82, 2.24) is 5.32 Å². The summed E-state index contributed by atoms with van der Waals surface area (Å²) in [5.41, 5.74) is 0.783. The van der Waals surface area contributed by atoms with Crippen LogP contribution in [-0.4, -0.2) is 10.8 Å². The minimum atomic E-state index is -0.637. The molecule has 1 N–H and O–H groups in total. The van der Waals surface area contributed by atoms with E-state index in [9.17, 15) is 20.2 Å². The number of nitriles is 1. The normalized spacial score (nSPS) is 11.0. The number of rotatable bonds is 6. The van der Waals surface area contributed by atoms with Gasteiger partial charge in [-0.15, -0.1) is 0 Å². The van der Waals surface area contributed by atoms with Crippen LogP contribution in [0.15, 0.2) is 64.6 Å². The molecule has 0 saturated heterocycles. The van der Waals surface area contributed by atoms with Gasteiger partial charge in [0.1, 0.15) is 28.2 Å². The summed E-state index contributed by atoms with van der Waals surface area (Å²) < 4.78 is 5.63. The van der Waals surface area contributed by atoms with E-state index in [0.29, 0.717) is 5.56 Å². The first-order valence-electron chi connectivity index (χ1n) is 8.56. The highest BCUT2D eigenvalue weighted by molar-refractivity contribution is 6.36. The summed E-state index contributed by atoms with van der Waals surface area (Å²) in [5.74, 6) is -0.0253. The van der Waals surface area contributed by atoms with Gasteiger partial charge in [0.25, 0.3) is 11.6 Å².